The van der Waals surface area contributed by atoms with Crippen molar-refractivity contribution in [2.24, 2.45) is 0 Å². The van der Waals surface area contributed by atoms with E-state index in [1.165, 1.54) is 0 Å². The van der Waals surface area contributed by atoms with Gasteiger partial charge in [-0.05, 0) is 45.7 Å². The van der Waals surface area contributed by atoms with Crippen LogP contribution in [0.25, 0.3) is 0 Å². The fourth-order valence-corrected chi connectivity index (χ4v) is 4.08. The number of carbonyl (C=O) groups is 2. The zero-order valence-corrected chi connectivity index (χ0v) is 14.6. The number of hydrogen-bond acceptors (Lipinski definition) is 5. The van der Waals surface area contributed by atoms with Crippen molar-refractivity contribution in [3.05, 3.63) is 18.3 Å². The number of aromatic nitrogens is 1. The predicted octanol–water partition coefficient (Wildman–Crippen LogP) is 1.40. The summed E-state index contributed by atoms with van der Waals surface area (Å²) in [4.78, 5) is 33.3. The van der Waals surface area contributed by atoms with Crippen LogP contribution in [0.3, 0.4) is 0 Å². The van der Waals surface area contributed by atoms with Gasteiger partial charge < -0.3 is 10.1 Å². The lowest BCUT2D eigenvalue weighted by atomic mass is 10.2. The minimum absolute atomic E-state index is 0.0489. The number of nitrogens with one attached hydrogen (secondary N) is 1. The highest BCUT2D eigenvalue weighted by Gasteiger charge is 2.44. The van der Waals surface area contributed by atoms with E-state index in [2.05, 4.69) is 15.2 Å². The van der Waals surface area contributed by atoms with Crippen LogP contribution < -0.4 is 10.2 Å². The lowest BCUT2D eigenvalue weighted by Crippen LogP contribution is -2.56. The Kier molecular flexibility index (Phi) is 4.21. The molecule has 3 unspecified atom stereocenters. The molecule has 0 spiro atoms. The van der Waals surface area contributed by atoms with Gasteiger partial charge in [0.05, 0.1) is 12.1 Å². The van der Waals surface area contributed by atoms with Crippen molar-refractivity contribution in [1.82, 2.24) is 9.88 Å². The van der Waals surface area contributed by atoms with E-state index in [-0.39, 0.29) is 24.0 Å². The van der Waals surface area contributed by atoms with Gasteiger partial charge in [0.1, 0.15) is 11.9 Å². The molecule has 2 amide bonds. The Morgan fingerprint density at radius 3 is 2.92 bits per heavy atom. The summed E-state index contributed by atoms with van der Waals surface area (Å²) in [5, 5.41) is 2.89. The van der Waals surface area contributed by atoms with E-state index >= 15 is 0 Å². The summed E-state index contributed by atoms with van der Waals surface area (Å²) >= 11 is 0. The van der Waals surface area contributed by atoms with Gasteiger partial charge in [-0.1, -0.05) is 0 Å². The second-order valence-corrected chi connectivity index (χ2v) is 7.27. The first-order valence-corrected chi connectivity index (χ1v) is 8.98. The smallest absolute Gasteiger partial charge is 0.253 e. The Balaban J connectivity index is 1.48. The topological polar surface area (TPSA) is 74.8 Å². The summed E-state index contributed by atoms with van der Waals surface area (Å²) in [6, 6.07) is 3.86. The fourth-order valence-electron chi connectivity index (χ4n) is 4.08. The van der Waals surface area contributed by atoms with Gasteiger partial charge in [-0.2, -0.15) is 0 Å². The van der Waals surface area contributed by atoms with Gasteiger partial charge in [-0.3, -0.25) is 19.4 Å². The fraction of sp³-hybridized carbons (Fsp3) is 0.611. The lowest BCUT2D eigenvalue weighted by Gasteiger charge is -2.37. The average molecular weight is 344 g/mol. The number of fused-ring (bicyclic) bond motifs is 2. The highest BCUT2D eigenvalue weighted by molar-refractivity contribution is 5.99. The van der Waals surface area contributed by atoms with Crippen molar-refractivity contribution in [3.63, 3.8) is 0 Å². The molecular formula is C18H24N4O3. The number of rotatable bonds is 3. The molecule has 3 aliphatic heterocycles. The molecule has 3 aliphatic rings. The van der Waals surface area contributed by atoms with E-state index in [1.807, 2.05) is 14.0 Å². The standard InChI is InChI=1S/C18H24N4O3/c1-11-3-6-15(25-11)17(23)20-12-7-8-19-16(9-12)22-10-13-4-5-14(18(22)24)21(13)2/h7-9,11,13-15H,3-6,10H2,1-2H3,(H,19,20,23)/t11?,13-,14?,15?/m1/s1. The van der Waals surface area contributed by atoms with Crippen LogP contribution in [0.4, 0.5) is 11.5 Å². The number of ether oxygens (including phenoxy) is 1. The van der Waals surface area contributed by atoms with Crippen LogP contribution in [0.1, 0.15) is 32.6 Å². The highest BCUT2D eigenvalue weighted by atomic mass is 16.5. The molecule has 2 bridgehead atoms. The molecule has 7 heteroatoms. The van der Waals surface area contributed by atoms with Crippen LogP contribution in [-0.2, 0) is 14.3 Å². The summed E-state index contributed by atoms with van der Waals surface area (Å²) in [6.07, 6.45) is 4.95. The minimum Gasteiger partial charge on any atom is -0.365 e. The van der Waals surface area contributed by atoms with E-state index in [0.717, 1.165) is 25.7 Å². The molecule has 4 atom stereocenters. The zero-order valence-electron chi connectivity index (χ0n) is 14.6. The first-order chi connectivity index (χ1) is 12.0. The van der Waals surface area contributed by atoms with E-state index in [4.69, 9.17) is 4.74 Å². The summed E-state index contributed by atoms with van der Waals surface area (Å²) in [5.74, 6) is 0.569. The SMILES string of the molecule is CC1CCC(C(=O)Nc2ccnc(N3C[C@H]4CCC(C3=O)N4C)c2)O1. The molecule has 4 heterocycles. The minimum atomic E-state index is -0.396. The summed E-state index contributed by atoms with van der Waals surface area (Å²) < 4.78 is 5.61. The van der Waals surface area contributed by atoms with Crippen molar-refractivity contribution < 1.29 is 14.3 Å². The molecule has 7 nitrogen and oxygen atoms in total. The summed E-state index contributed by atoms with van der Waals surface area (Å²) in [7, 11) is 2.02. The number of likely N-dealkylation sites (N-methyl/N-ethyl adjacent to an activating group) is 1. The van der Waals surface area contributed by atoms with E-state index < -0.39 is 6.10 Å². The number of carbonyl (C=O) groups excluding carboxylic acids is 2. The van der Waals surface area contributed by atoms with Crippen molar-refractivity contribution in [1.29, 1.82) is 0 Å². The monoisotopic (exact) mass is 344 g/mol. The highest BCUT2D eigenvalue weighted by Crippen LogP contribution is 2.32. The molecule has 0 aromatic carbocycles. The Labute approximate surface area is 147 Å². The van der Waals surface area contributed by atoms with Gasteiger partial charge in [0.25, 0.3) is 5.91 Å². The van der Waals surface area contributed by atoms with Crippen LogP contribution in [0.2, 0.25) is 0 Å². The van der Waals surface area contributed by atoms with Crippen LogP contribution in [0.5, 0.6) is 0 Å². The third-order valence-corrected chi connectivity index (χ3v) is 5.60. The van der Waals surface area contributed by atoms with Crippen molar-refractivity contribution in [3.8, 4) is 0 Å². The molecule has 1 N–H and O–H groups in total. The van der Waals surface area contributed by atoms with Gasteiger partial charge in [0.15, 0.2) is 0 Å². The van der Waals surface area contributed by atoms with Crippen LogP contribution in [-0.4, -0.2) is 59.6 Å². The molecule has 1 aromatic rings. The van der Waals surface area contributed by atoms with Crippen molar-refractivity contribution in [2.45, 2.75) is 56.9 Å². The third-order valence-electron chi connectivity index (χ3n) is 5.60. The van der Waals surface area contributed by atoms with Gasteiger partial charge >= 0.3 is 0 Å². The molecular weight excluding hydrogens is 320 g/mol. The predicted molar refractivity (Wildman–Crippen MR) is 93.4 cm³/mol. The largest absolute Gasteiger partial charge is 0.365 e. The lowest BCUT2D eigenvalue weighted by molar-refractivity contribution is -0.126. The Bertz CT molecular complexity index is 695. The Hall–Kier alpha value is -1.99. The molecule has 0 aliphatic carbocycles. The van der Waals surface area contributed by atoms with Crippen molar-refractivity contribution >= 4 is 23.3 Å². The molecule has 0 radical (unpaired) electrons. The third kappa shape index (κ3) is 3.02. The molecule has 25 heavy (non-hydrogen) atoms. The van der Waals surface area contributed by atoms with E-state index in [9.17, 15) is 9.59 Å². The molecule has 0 saturated carbocycles. The summed E-state index contributed by atoms with van der Waals surface area (Å²) in [6.45, 7) is 2.63. The molecule has 3 fully saturated rings. The number of anilines is 2. The maximum atomic E-state index is 12.7. The van der Waals surface area contributed by atoms with Crippen LogP contribution in [0, 0.1) is 0 Å². The van der Waals surface area contributed by atoms with E-state index in [1.54, 1.807) is 23.2 Å². The number of hydrogen-bond donors (Lipinski definition) is 1. The molecule has 3 saturated heterocycles. The molecule has 134 valence electrons. The second kappa shape index (κ2) is 6.38. The van der Waals surface area contributed by atoms with Crippen LogP contribution >= 0.6 is 0 Å². The molecule has 4 rings (SSSR count). The first-order valence-electron chi connectivity index (χ1n) is 8.98. The normalized spacial score (nSPS) is 32.2. The first kappa shape index (κ1) is 16.5. The van der Waals surface area contributed by atoms with Gasteiger partial charge in [-0.25, -0.2) is 4.98 Å². The van der Waals surface area contributed by atoms with Gasteiger partial charge in [0.2, 0.25) is 5.91 Å². The quantitative estimate of drug-likeness (QED) is 0.897. The van der Waals surface area contributed by atoms with Gasteiger partial charge in [0, 0.05) is 30.5 Å². The molecule has 1 aromatic heterocycles. The van der Waals surface area contributed by atoms with Gasteiger partial charge in [-0.15, -0.1) is 0 Å². The van der Waals surface area contributed by atoms with Crippen LogP contribution in [0.15, 0.2) is 18.3 Å². The van der Waals surface area contributed by atoms with Crippen molar-refractivity contribution in [2.75, 3.05) is 23.8 Å². The Morgan fingerprint density at radius 2 is 2.16 bits per heavy atom. The second-order valence-electron chi connectivity index (χ2n) is 7.27. The Morgan fingerprint density at radius 1 is 1.32 bits per heavy atom. The zero-order chi connectivity index (χ0) is 17.6. The number of amides is 2. The average Bonchev–Trinajstić information content (AvgIpc) is 3.13. The number of nitrogens with zero attached hydrogens (tertiary/aromatic N) is 3. The number of pyridine rings is 1. The van der Waals surface area contributed by atoms with E-state index in [0.29, 0.717) is 24.1 Å². The maximum Gasteiger partial charge on any atom is 0.253 e. The maximum absolute atomic E-state index is 12.7. The summed E-state index contributed by atoms with van der Waals surface area (Å²) in [5.41, 5.74) is 0.650. The number of piperazine rings is 1.